The highest BCUT2D eigenvalue weighted by Gasteiger charge is 2.12. The number of benzene rings is 8. The Morgan fingerprint density at radius 1 is 0.231 bits per heavy atom. The van der Waals surface area contributed by atoms with Crippen molar-refractivity contribution in [2.75, 3.05) is 9.80 Å². The molecule has 2 heteroatoms. The molecule has 0 N–H and O–H groups in total. The van der Waals surface area contributed by atoms with Gasteiger partial charge in [-0.1, -0.05) is 146 Å². The monoisotopic (exact) mass is 666 g/mol. The number of hydrogen-bond acceptors (Lipinski definition) is 2. The first kappa shape index (κ1) is 32.3. The Labute approximate surface area is 306 Å². The fourth-order valence-electron chi connectivity index (χ4n) is 6.55. The van der Waals surface area contributed by atoms with Crippen molar-refractivity contribution in [1.82, 2.24) is 0 Å². The molecule has 0 aliphatic carbocycles. The zero-order valence-electron chi connectivity index (χ0n) is 28.8. The van der Waals surface area contributed by atoms with Gasteiger partial charge in [-0.3, -0.25) is 0 Å². The summed E-state index contributed by atoms with van der Waals surface area (Å²) >= 11 is 0. The SMILES string of the molecule is C(=C\c1ccc2cc(/C=C/c3ccc(N(c4ccccc4)c4ccccc4)cc3)ccc2c1)/c1ccc(N(c2ccccc2)c2ccccc2)cc1. The molecule has 0 aliphatic rings. The fraction of sp³-hybridized carbons (Fsp3) is 0. The van der Waals surface area contributed by atoms with Gasteiger partial charge in [-0.2, -0.15) is 0 Å². The molecule has 0 saturated carbocycles. The lowest BCUT2D eigenvalue weighted by atomic mass is 10.0. The first-order valence-electron chi connectivity index (χ1n) is 17.7. The van der Waals surface area contributed by atoms with E-state index in [4.69, 9.17) is 0 Å². The molecule has 248 valence electrons. The molecule has 0 spiro atoms. The summed E-state index contributed by atoms with van der Waals surface area (Å²) in [4.78, 5) is 4.56. The average Bonchev–Trinajstić information content (AvgIpc) is 3.22. The van der Waals surface area contributed by atoms with Crippen LogP contribution in [0.4, 0.5) is 34.1 Å². The molecule has 52 heavy (non-hydrogen) atoms. The second kappa shape index (κ2) is 15.3. The highest BCUT2D eigenvalue weighted by molar-refractivity contribution is 5.89. The molecule has 8 aromatic rings. The fourth-order valence-corrected chi connectivity index (χ4v) is 6.55. The third-order valence-corrected chi connectivity index (χ3v) is 9.18. The van der Waals surface area contributed by atoms with Crippen LogP contribution in [0.3, 0.4) is 0 Å². The quantitative estimate of drug-likeness (QED) is 0.134. The third kappa shape index (κ3) is 7.47. The van der Waals surface area contributed by atoms with E-state index < -0.39 is 0 Å². The molecular formula is C50H38N2. The van der Waals surface area contributed by atoms with Crippen molar-refractivity contribution in [2.24, 2.45) is 0 Å². The van der Waals surface area contributed by atoms with Crippen molar-refractivity contribution in [3.8, 4) is 0 Å². The van der Waals surface area contributed by atoms with Gasteiger partial charge >= 0.3 is 0 Å². The van der Waals surface area contributed by atoms with Gasteiger partial charge in [0.1, 0.15) is 0 Å². The molecule has 0 unspecified atom stereocenters. The highest BCUT2D eigenvalue weighted by Crippen LogP contribution is 2.35. The number of nitrogens with zero attached hydrogens (tertiary/aromatic N) is 2. The standard InChI is InChI=1S/C50H38N2/c1-5-13-45(14-6-1)51(46-15-7-2-8-16-46)49-33-27-39(28-34-49)21-23-41-25-31-44-38-42(26-32-43(44)37-41)24-22-40-29-35-50(36-30-40)52(47-17-9-3-10-18-47)48-19-11-4-12-20-48/h1-38H/b23-21+,24-22+. The molecule has 0 atom stereocenters. The zero-order chi connectivity index (χ0) is 35.0. The lowest BCUT2D eigenvalue weighted by Gasteiger charge is -2.25. The van der Waals surface area contributed by atoms with Crippen molar-refractivity contribution < 1.29 is 0 Å². The maximum absolute atomic E-state index is 2.28. The van der Waals surface area contributed by atoms with Crippen LogP contribution >= 0.6 is 0 Å². The minimum Gasteiger partial charge on any atom is -0.311 e. The Morgan fingerprint density at radius 3 is 0.788 bits per heavy atom. The van der Waals surface area contributed by atoms with Gasteiger partial charge in [-0.05, 0) is 118 Å². The normalized spacial score (nSPS) is 11.3. The summed E-state index contributed by atoms with van der Waals surface area (Å²) in [6, 6.07) is 72.8. The molecule has 8 rings (SSSR count). The number of anilines is 6. The summed E-state index contributed by atoms with van der Waals surface area (Å²) in [7, 11) is 0. The van der Waals surface area contributed by atoms with Crippen molar-refractivity contribution in [3.05, 3.63) is 229 Å². The molecule has 2 nitrogen and oxygen atoms in total. The summed E-state index contributed by atoms with van der Waals surface area (Å²) in [5.74, 6) is 0. The van der Waals surface area contributed by atoms with Gasteiger partial charge in [0.2, 0.25) is 0 Å². The van der Waals surface area contributed by atoms with E-state index in [1.54, 1.807) is 0 Å². The lowest BCUT2D eigenvalue weighted by molar-refractivity contribution is 1.28. The molecule has 0 heterocycles. The predicted octanol–water partition coefficient (Wildman–Crippen LogP) is 14.1. The summed E-state index contributed by atoms with van der Waals surface area (Å²) in [5, 5.41) is 2.45. The molecule has 0 fully saturated rings. The maximum Gasteiger partial charge on any atom is 0.0462 e. The topological polar surface area (TPSA) is 6.48 Å². The third-order valence-electron chi connectivity index (χ3n) is 9.18. The van der Waals surface area contributed by atoms with Crippen molar-refractivity contribution in [1.29, 1.82) is 0 Å². The molecule has 0 aromatic heterocycles. The Morgan fingerprint density at radius 2 is 0.481 bits per heavy atom. The van der Waals surface area contributed by atoms with Crippen LogP contribution in [-0.4, -0.2) is 0 Å². The van der Waals surface area contributed by atoms with E-state index >= 15 is 0 Å². The molecule has 0 amide bonds. The van der Waals surface area contributed by atoms with Gasteiger partial charge in [-0.15, -0.1) is 0 Å². The molecule has 8 aromatic carbocycles. The molecular weight excluding hydrogens is 629 g/mol. The summed E-state index contributed by atoms with van der Waals surface area (Å²) < 4.78 is 0. The highest BCUT2D eigenvalue weighted by atomic mass is 15.1. The van der Waals surface area contributed by atoms with Gasteiger partial charge < -0.3 is 9.80 Å². The molecule has 0 radical (unpaired) electrons. The summed E-state index contributed by atoms with van der Waals surface area (Å²) in [5.41, 5.74) is 11.5. The van der Waals surface area contributed by atoms with Gasteiger partial charge in [0.05, 0.1) is 0 Å². The van der Waals surface area contributed by atoms with Gasteiger partial charge in [0, 0.05) is 34.1 Å². The van der Waals surface area contributed by atoms with Crippen LogP contribution in [0.5, 0.6) is 0 Å². The number of hydrogen-bond donors (Lipinski definition) is 0. The Kier molecular flexibility index (Phi) is 9.53. The van der Waals surface area contributed by atoms with Crippen LogP contribution in [0, 0.1) is 0 Å². The largest absolute Gasteiger partial charge is 0.311 e. The molecule has 0 aliphatic heterocycles. The zero-order valence-corrected chi connectivity index (χ0v) is 28.8. The van der Waals surface area contributed by atoms with Gasteiger partial charge in [0.25, 0.3) is 0 Å². The maximum atomic E-state index is 2.28. The van der Waals surface area contributed by atoms with E-state index in [0.29, 0.717) is 0 Å². The summed E-state index contributed by atoms with van der Waals surface area (Å²) in [6.45, 7) is 0. The van der Waals surface area contributed by atoms with Crippen molar-refractivity contribution in [2.45, 2.75) is 0 Å². The van der Waals surface area contributed by atoms with Crippen LogP contribution in [0.15, 0.2) is 206 Å². The predicted molar refractivity (Wildman–Crippen MR) is 224 cm³/mol. The summed E-state index contributed by atoms with van der Waals surface area (Å²) in [6.07, 6.45) is 8.74. The molecule has 0 saturated heterocycles. The van der Waals surface area contributed by atoms with E-state index in [0.717, 1.165) is 45.3 Å². The van der Waals surface area contributed by atoms with Crippen LogP contribution in [-0.2, 0) is 0 Å². The number of rotatable bonds is 10. The minimum atomic E-state index is 1.12. The number of para-hydroxylation sites is 4. The van der Waals surface area contributed by atoms with Crippen LogP contribution in [0.2, 0.25) is 0 Å². The Balaban J connectivity index is 0.953. The van der Waals surface area contributed by atoms with E-state index in [2.05, 4.69) is 240 Å². The van der Waals surface area contributed by atoms with Crippen molar-refractivity contribution in [3.63, 3.8) is 0 Å². The van der Waals surface area contributed by atoms with E-state index in [-0.39, 0.29) is 0 Å². The van der Waals surface area contributed by atoms with E-state index in [1.807, 2.05) is 0 Å². The van der Waals surface area contributed by atoms with Gasteiger partial charge in [-0.25, -0.2) is 0 Å². The van der Waals surface area contributed by atoms with Crippen LogP contribution in [0.1, 0.15) is 22.3 Å². The number of fused-ring (bicyclic) bond motifs is 1. The van der Waals surface area contributed by atoms with Crippen LogP contribution < -0.4 is 9.80 Å². The average molecular weight is 667 g/mol. The van der Waals surface area contributed by atoms with E-state index in [1.165, 1.54) is 21.9 Å². The van der Waals surface area contributed by atoms with Gasteiger partial charge in [0.15, 0.2) is 0 Å². The Hall–Kier alpha value is -6.90. The Bertz CT molecular complexity index is 2160. The molecule has 0 bridgehead atoms. The second-order valence-corrected chi connectivity index (χ2v) is 12.7. The second-order valence-electron chi connectivity index (χ2n) is 12.7. The first-order chi connectivity index (χ1) is 25.8. The first-order valence-corrected chi connectivity index (χ1v) is 17.7. The van der Waals surface area contributed by atoms with Crippen LogP contribution in [0.25, 0.3) is 35.1 Å². The lowest BCUT2D eigenvalue weighted by Crippen LogP contribution is -2.09. The van der Waals surface area contributed by atoms with Crippen molar-refractivity contribution >= 4 is 69.2 Å². The smallest absolute Gasteiger partial charge is 0.0462 e. The minimum absolute atomic E-state index is 1.12. The van der Waals surface area contributed by atoms with E-state index in [9.17, 15) is 0 Å².